The Bertz CT molecular complexity index is 1830. The number of nitriles is 1. The minimum absolute atomic E-state index is 0.0204. The Hall–Kier alpha value is -5.30. The molecule has 16 heteroatoms. The number of likely N-dealkylation sites (N-methyl/N-ethyl adjacent to an activating group) is 1. The molecule has 0 radical (unpaired) electrons. The van der Waals surface area contributed by atoms with Crippen LogP contribution in [0.5, 0.6) is 0 Å². The van der Waals surface area contributed by atoms with Crippen molar-refractivity contribution in [3.8, 4) is 6.07 Å². The van der Waals surface area contributed by atoms with Crippen LogP contribution in [-0.2, 0) is 28.7 Å². The normalized spacial score (nSPS) is 15.2. The Balaban J connectivity index is 1.66. The Kier molecular flexibility index (Phi) is 7.83. The number of alkyl halides is 3. The van der Waals surface area contributed by atoms with Crippen LogP contribution < -0.4 is 10.6 Å². The highest BCUT2D eigenvalue weighted by atomic mass is 19.4. The first-order valence-corrected chi connectivity index (χ1v) is 13.3. The quantitative estimate of drug-likeness (QED) is 0.226. The number of carbonyl (C=O) groups is 1. The molecule has 0 fully saturated rings. The molecule has 0 amide bonds. The molecule has 0 spiro atoms. The number of fused-ring (bicyclic) bond motifs is 1. The maximum absolute atomic E-state index is 13.6. The smallest absolute Gasteiger partial charge is 0.416 e. The highest BCUT2D eigenvalue weighted by molar-refractivity contribution is 5.93. The Morgan fingerprint density at radius 3 is 2.61 bits per heavy atom. The van der Waals surface area contributed by atoms with Crippen molar-refractivity contribution in [2.75, 3.05) is 32.6 Å². The number of rotatable bonds is 8. The third-order valence-electron chi connectivity index (χ3n) is 7.49. The fourth-order valence-electron chi connectivity index (χ4n) is 5.37. The molecule has 0 saturated heterocycles. The van der Waals surface area contributed by atoms with E-state index in [4.69, 9.17) is 4.74 Å². The third kappa shape index (κ3) is 5.69. The van der Waals surface area contributed by atoms with Gasteiger partial charge >= 0.3 is 17.8 Å². The van der Waals surface area contributed by atoms with E-state index in [-0.39, 0.29) is 22.9 Å². The van der Waals surface area contributed by atoms with Gasteiger partial charge in [0.15, 0.2) is 0 Å². The number of benzene rings is 2. The van der Waals surface area contributed by atoms with Crippen LogP contribution in [0, 0.1) is 11.3 Å². The van der Waals surface area contributed by atoms with Crippen molar-refractivity contribution in [3.05, 3.63) is 92.3 Å². The number of allylic oxidation sites excluding steroid dienone is 1. The number of methoxy groups -OCH3 is 1. The van der Waals surface area contributed by atoms with Gasteiger partial charge < -0.3 is 9.22 Å². The van der Waals surface area contributed by atoms with E-state index in [9.17, 15) is 28.0 Å². The van der Waals surface area contributed by atoms with E-state index < -0.39 is 29.4 Å². The summed E-state index contributed by atoms with van der Waals surface area (Å²) in [5, 5.41) is 30.3. The first-order chi connectivity index (χ1) is 20.8. The average Bonchev–Trinajstić information content (AvgIpc) is 3.63. The average molecular weight is 610 g/mol. The zero-order valence-corrected chi connectivity index (χ0v) is 24.2. The van der Waals surface area contributed by atoms with Gasteiger partial charge in [-0.3, -0.25) is 4.90 Å². The molecule has 13 nitrogen and oxygen atoms in total. The topological polar surface area (TPSA) is 158 Å². The maximum atomic E-state index is 13.6. The number of hydrogen-bond donors (Lipinski definition) is 2. The minimum atomic E-state index is -4.63. The Labute approximate surface area is 248 Å². The number of anilines is 2. The summed E-state index contributed by atoms with van der Waals surface area (Å²) >= 11 is 0. The molecule has 1 atom stereocenters. The van der Waals surface area contributed by atoms with Gasteiger partial charge in [-0.15, -0.1) is 15.3 Å². The number of ether oxygens (including phenoxy) is 1. The van der Waals surface area contributed by atoms with Crippen molar-refractivity contribution in [2.45, 2.75) is 32.1 Å². The van der Waals surface area contributed by atoms with Crippen molar-refractivity contribution in [1.82, 2.24) is 35.4 Å². The number of quaternary nitrogens is 1. The van der Waals surface area contributed by atoms with Crippen LogP contribution in [0.25, 0.3) is 0 Å². The van der Waals surface area contributed by atoms with Gasteiger partial charge in [0.25, 0.3) is 0 Å². The van der Waals surface area contributed by atoms with Crippen molar-refractivity contribution >= 4 is 17.6 Å². The standard InChI is InChI=1S/C28H27F3N10O3/c1-16-23(25(42)44-4)24(40-26(35-36-27(40)43)39(16)20-7-5-6-19(13-20)28(29,30)31)21-9-8-17(14-32)12-18(21)10-11-41(2,3)15-22-33-37-38-34-22/h5-9,12-13,24H,10-11,15H2,1-4H3,(H-,33,34,36,37,38,43)/p+1/t24-/m1/s1. The molecule has 0 aliphatic carbocycles. The monoisotopic (exact) mass is 609 g/mol. The van der Waals surface area contributed by atoms with Crippen LogP contribution in [0.3, 0.4) is 0 Å². The second-order valence-electron chi connectivity index (χ2n) is 10.9. The van der Waals surface area contributed by atoms with Crippen molar-refractivity contribution < 1.29 is 27.2 Å². The fourth-order valence-corrected chi connectivity index (χ4v) is 5.37. The van der Waals surface area contributed by atoms with Crippen LogP contribution in [0.4, 0.5) is 24.8 Å². The van der Waals surface area contributed by atoms with Gasteiger partial charge in [-0.1, -0.05) is 12.1 Å². The Morgan fingerprint density at radius 2 is 1.95 bits per heavy atom. The number of H-pyrrole nitrogens is 2. The van der Waals surface area contributed by atoms with Gasteiger partial charge in [-0.2, -0.15) is 23.6 Å². The van der Waals surface area contributed by atoms with Crippen LogP contribution in [0.15, 0.2) is 58.5 Å². The lowest BCUT2D eigenvalue weighted by Gasteiger charge is -2.36. The summed E-state index contributed by atoms with van der Waals surface area (Å²) in [6, 6.07) is 10.5. The van der Waals surface area contributed by atoms with E-state index in [1.165, 1.54) is 28.7 Å². The van der Waals surface area contributed by atoms with E-state index in [1.54, 1.807) is 25.1 Å². The SMILES string of the molecule is COC(=O)C1=C(C)N(c2cccc(C(F)(F)F)c2)c2n[nH]c(=O)n2[C@@H]1c1ccc(C#N)cc1CC[N+](C)(C)Cc1nn[nH]n1. The van der Waals surface area contributed by atoms with E-state index in [2.05, 4.69) is 36.9 Å². The number of halogens is 3. The number of nitrogens with one attached hydrogen (secondary N) is 2. The largest absolute Gasteiger partial charge is 0.466 e. The van der Waals surface area contributed by atoms with Crippen molar-refractivity contribution in [2.24, 2.45) is 0 Å². The van der Waals surface area contributed by atoms with Gasteiger partial charge in [-0.05, 0) is 53.6 Å². The molecular weight excluding hydrogens is 581 g/mol. The zero-order chi connectivity index (χ0) is 31.8. The summed E-state index contributed by atoms with van der Waals surface area (Å²) < 4.78 is 47.7. The van der Waals surface area contributed by atoms with Crippen molar-refractivity contribution in [3.63, 3.8) is 0 Å². The highest BCUT2D eigenvalue weighted by Gasteiger charge is 2.41. The predicted octanol–water partition coefficient (Wildman–Crippen LogP) is 2.98. The maximum Gasteiger partial charge on any atom is 0.416 e. The van der Waals surface area contributed by atoms with Gasteiger partial charge in [0.2, 0.25) is 11.8 Å². The molecular formula is C28H28F3N10O3+. The summed E-state index contributed by atoms with van der Waals surface area (Å²) in [5.74, 6) is -0.288. The predicted molar refractivity (Wildman–Crippen MR) is 149 cm³/mol. The summed E-state index contributed by atoms with van der Waals surface area (Å²) in [5.41, 5.74) is 0.241. The molecule has 2 aromatic heterocycles. The van der Waals surface area contributed by atoms with E-state index >= 15 is 0 Å². The number of esters is 1. The summed E-state index contributed by atoms with van der Waals surface area (Å²) in [6.07, 6.45) is -4.21. The van der Waals surface area contributed by atoms with Gasteiger partial charge in [0.1, 0.15) is 12.6 Å². The molecule has 44 heavy (non-hydrogen) atoms. The molecule has 4 aromatic rings. The summed E-state index contributed by atoms with van der Waals surface area (Å²) in [4.78, 5) is 28.1. The number of tetrazole rings is 1. The molecule has 0 unspecified atom stereocenters. The molecule has 0 bridgehead atoms. The fraction of sp³-hybridized carbons (Fsp3) is 0.321. The third-order valence-corrected chi connectivity index (χ3v) is 7.49. The van der Waals surface area contributed by atoms with Gasteiger partial charge in [0, 0.05) is 17.8 Å². The Morgan fingerprint density at radius 1 is 1.18 bits per heavy atom. The van der Waals surface area contributed by atoms with E-state index in [0.29, 0.717) is 46.5 Å². The molecule has 228 valence electrons. The van der Waals surface area contributed by atoms with E-state index in [0.717, 1.165) is 12.1 Å². The minimum Gasteiger partial charge on any atom is -0.466 e. The first kappa shape index (κ1) is 30.2. The number of carbonyl (C=O) groups excluding carboxylic acids is 1. The molecule has 1 aliphatic heterocycles. The first-order valence-electron chi connectivity index (χ1n) is 13.3. The van der Waals surface area contributed by atoms with Crippen LogP contribution in [0.1, 0.15) is 41.0 Å². The molecule has 0 saturated carbocycles. The van der Waals surface area contributed by atoms with Gasteiger partial charge in [0.05, 0.1) is 50.5 Å². The molecule has 2 N–H and O–H groups in total. The molecule has 5 rings (SSSR count). The van der Waals surface area contributed by atoms with Crippen molar-refractivity contribution in [1.29, 1.82) is 5.26 Å². The van der Waals surface area contributed by atoms with Crippen LogP contribution in [-0.4, -0.2) is 73.6 Å². The lowest BCUT2D eigenvalue weighted by atomic mass is 9.89. The van der Waals surface area contributed by atoms with Crippen LogP contribution >= 0.6 is 0 Å². The van der Waals surface area contributed by atoms with Gasteiger partial charge in [-0.25, -0.2) is 19.3 Å². The van der Waals surface area contributed by atoms with E-state index in [1.807, 2.05) is 14.1 Å². The highest BCUT2D eigenvalue weighted by Crippen LogP contribution is 2.43. The molecule has 2 aromatic carbocycles. The molecule has 3 heterocycles. The number of nitrogens with zero attached hydrogens (tertiary/aromatic N) is 8. The summed E-state index contributed by atoms with van der Waals surface area (Å²) in [6.45, 7) is 2.55. The molecule has 1 aliphatic rings. The number of aromatic amines is 2. The summed E-state index contributed by atoms with van der Waals surface area (Å²) in [7, 11) is 5.13. The lowest BCUT2D eigenvalue weighted by molar-refractivity contribution is -0.904. The second kappa shape index (κ2) is 11.4. The number of hydrogen-bond acceptors (Lipinski definition) is 9. The number of aromatic nitrogens is 7. The van der Waals surface area contributed by atoms with Crippen LogP contribution in [0.2, 0.25) is 0 Å². The zero-order valence-electron chi connectivity index (χ0n) is 24.2. The second-order valence-corrected chi connectivity index (χ2v) is 10.9. The lowest BCUT2D eigenvalue weighted by Crippen LogP contribution is -2.41.